The molecule has 0 radical (unpaired) electrons. The first-order valence-electron chi connectivity index (χ1n) is 6.61. The lowest BCUT2D eigenvalue weighted by molar-refractivity contribution is -0.140. The van der Waals surface area contributed by atoms with Crippen LogP contribution in [0.4, 0.5) is 0 Å². The van der Waals surface area contributed by atoms with Crippen LogP contribution in [0, 0.1) is 0 Å². The molecule has 0 aromatic carbocycles. The van der Waals surface area contributed by atoms with Crippen molar-refractivity contribution >= 4 is 27.6 Å². The molecule has 0 heterocycles. The number of rotatable bonds is 9. The summed E-state index contributed by atoms with van der Waals surface area (Å²) in [5, 5.41) is 13.4. The summed E-state index contributed by atoms with van der Waals surface area (Å²) in [6.07, 6.45) is 1.35. The molecule has 0 bridgehead atoms. The van der Waals surface area contributed by atoms with E-state index in [1.807, 2.05) is 19.2 Å². The minimum Gasteiger partial charge on any atom is -0.480 e. The maximum absolute atomic E-state index is 11.8. The molecule has 0 aliphatic rings. The summed E-state index contributed by atoms with van der Waals surface area (Å²) < 4.78 is 23.6. The van der Waals surface area contributed by atoms with Crippen LogP contribution in [0.25, 0.3) is 0 Å². The lowest BCUT2D eigenvalue weighted by Crippen LogP contribution is -2.46. The Kier molecular flexibility index (Phi) is 7.93. The number of carbonyl (C=O) groups excluding carboxylic acids is 2. The summed E-state index contributed by atoms with van der Waals surface area (Å²) in [5.74, 6) is -4.41. The summed E-state index contributed by atoms with van der Waals surface area (Å²) in [6.45, 7) is 4.81. The van der Waals surface area contributed by atoms with Gasteiger partial charge in [-0.2, -0.15) is 0 Å². The SMILES string of the molecule is CCC(CC)NC(=O)CS(=O)(=O)C[C@H](NC(C)=O)C(=O)O. The zero-order chi connectivity index (χ0) is 16.6. The van der Waals surface area contributed by atoms with E-state index in [9.17, 15) is 22.8 Å². The number of hydrogen-bond donors (Lipinski definition) is 3. The van der Waals surface area contributed by atoms with E-state index in [0.717, 1.165) is 6.92 Å². The summed E-state index contributed by atoms with van der Waals surface area (Å²) in [7, 11) is -3.94. The van der Waals surface area contributed by atoms with Crippen molar-refractivity contribution in [3.8, 4) is 0 Å². The monoisotopic (exact) mass is 322 g/mol. The molecule has 0 aliphatic carbocycles. The molecule has 0 aromatic rings. The Hall–Kier alpha value is -1.64. The molecule has 0 spiro atoms. The molecule has 0 rings (SSSR count). The second kappa shape index (κ2) is 8.60. The summed E-state index contributed by atoms with van der Waals surface area (Å²) in [5.41, 5.74) is 0. The van der Waals surface area contributed by atoms with Gasteiger partial charge in [0.2, 0.25) is 11.8 Å². The predicted octanol–water partition coefficient (Wildman–Crippen LogP) is -0.705. The van der Waals surface area contributed by atoms with Crippen molar-refractivity contribution in [2.24, 2.45) is 0 Å². The van der Waals surface area contributed by atoms with Crippen LogP contribution >= 0.6 is 0 Å². The Morgan fingerprint density at radius 2 is 1.62 bits per heavy atom. The molecule has 0 aromatic heterocycles. The molecular formula is C12H22N2O6S. The maximum Gasteiger partial charge on any atom is 0.327 e. The van der Waals surface area contributed by atoms with Gasteiger partial charge in [0.15, 0.2) is 9.84 Å². The van der Waals surface area contributed by atoms with Gasteiger partial charge in [0, 0.05) is 13.0 Å². The average Bonchev–Trinajstić information content (AvgIpc) is 2.33. The Labute approximate surface area is 124 Å². The predicted molar refractivity (Wildman–Crippen MR) is 76.4 cm³/mol. The minimum atomic E-state index is -3.94. The molecule has 9 heteroatoms. The highest BCUT2D eigenvalue weighted by molar-refractivity contribution is 7.92. The molecule has 1 atom stereocenters. The van der Waals surface area contributed by atoms with E-state index >= 15 is 0 Å². The van der Waals surface area contributed by atoms with Crippen molar-refractivity contribution in [3.63, 3.8) is 0 Å². The standard InChI is InChI=1S/C12H22N2O6S/c1-4-9(5-2)14-11(16)7-21(19,20)6-10(12(17)18)13-8(3)15/h9-10H,4-7H2,1-3H3,(H,13,15)(H,14,16)(H,17,18)/t10-/m0/s1. The third kappa shape index (κ3) is 8.28. The Morgan fingerprint density at radius 3 is 2.00 bits per heavy atom. The number of carbonyl (C=O) groups is 3. The summed E-state index contributed by atoms with van der Waals surface area (Å²) in [4.78, 5) is 33.4. The molecule has 0 unspecified atom stereocenters. The van der Waals surface area contributed by atoms with Gasteiger partial charge in [-0.3, -0.25) is 9.59 Å². The molecule has 21 heavy (non-hydrogen) atoms. The second-order valence-electron chi connectivity index (χ2n) is 4.73. The van der Waals surface area contributed by atoms with E-state index < -0.39 is 45.2 Å². The Morgan fingerprint density at radius 1 is 1.10 bits per heavy atom. The normalized spacial score (nSPS) is 12.8. The van der Waals surface area contributed by atoms with E-state index in [-0.39, 0.29) is 6.04 Å². The molecule has 2 amide bonds. The van der Waals surface area contributed by atoms with Gasteiger partial charge in [-0.25, -0.2) is 13.2 Å². The molecule has 0 saturated carbocycles. The van der Waals surface area contributed by atoms with Gasteiger partial charge in [0.05, 0.1) is 5.75 Å². The minimum absolute atomic E-state index is 0.113. The fourth-order valence-electron chi connectivity index (χ4n) is 1.69. The van der Waals surface area contributed by atoms with Gasteiger partial charge in [-0.05, 0) is 12.8 Å². The van der Waals surface area contributed by atoms with Crippen LogP contribution in [0.15, 0.2) is 0 Å². The first-order valence-corrected chi connectivity index (χ1v) is 8.43. The highest BCUT2D eigenvalue weighted by atomic mass is 32.2. The molecule has 3 N–H and O–H groups in total. The summed E-state index contributed by atoms with van der Waals surface area (Å²) >= 11 is 0. The van der Waals surface area contributed by atoms with Crippen LogP contribution in [-0.4, -0.2) is 54.9 Å². The fourth-order valence-corrected chi connectivity index (χ4v) is 3.03. The van der Waals surface area contributed by atoms with E-state index in [2.05, 4.69) is 5.32 Å². The van der Waals surface area contributed by atoms with Gasteiger partial charge in [0.1, 0.15) is 11.8 Å². The van der Waals surface area contributed by atoms with Crippen molar-refractivity contribution in [3.05, 3.63) is 0 Å². The van der Waals surface area contributed by atoms with Crippen LogP contribution in [0.1, 0.15) is 33.6 Å². The van der Waals surface area contributed by atoms with Crippen LogP contribution in [0.5, 0.6) is 0 Å². The Balaban J connectivity index is 4.70. The van der Waals surface area contributed by atoms with Gasteiger partial charge in [-0.1, -0.05) is 13.8 Å². The van der Waals surface area contributed by atoms with Gasteiger partial charge < -0.3 is 15.7 Å². The maximum atomic E-state index is 11.8. The van der Waals surface area contributed by atoms with E-state index in [1.54, 1.807) is 0 Å². The Bertz CT molecular complexity index is 484. The number of nitrogens with one attached hydrogen (secondary N) is 2. The van der Waals surface area contributed by atoms with Crippen LogP contribution in [-0.2, 0) is 24.2 Å². The lowest BCUT2D eigenvalue weighted by Gasteiger charge is -2.16. The largest absolute Gasteiger partial charge is 0.480 e. The number of hydrogen-bond acceptors (Lipinski definition) is 5. The van der Waals surface area contributed by atoms with Crippen molar-refractivity contribution in [1.29, 1.82) is 0 Å². The molecule has 0 aliphatic heterocycles. The van der Waals surface area contributed by atoms with Crippen LogP contribution < -0.4 is 10.6 Å². The number of carboxylic acids is 1. The van der Waals surface area contributed by atoms with Crippen molar-refractivity contribution in [1.82, 2.24) is 10.6 Å². The highest BCUT2D eigenvalue weighted by Crippen LogP contribution is 2.00. The zero-order valence-corrected chi connectivity index (χ0v) is 13.2. The molecular weight excluding hydrogens is 300 g/mol. The molecule has 122 valence electrons. The molecule has 0 fully saturated rings. The van der Waals surface area contributed by atoms with Crippen molar-refractivity contribution in [2.45, 2.75) is 45.7 Å². The lowest BCUT2D eigenvalue weighted by atomic mass is 10.2. The fraction of sp³-hybridized carbons (Fsp3) is 0.750. The van der Waals surface area contributed by atoms with Crippen LogP contribution in [0.2, 0.25) is 0 Å². The number of carboxylic acid groups (broad SMARTS) is 1. The average molecular weight is 322 g/mol. The number of aliphatic carboxylic acids is 1. The van der Waals surface area contributed by atoms with Gasteiger partial charge in [0.25, 0.3) is 0 Å². The van der Waals surface area contributed by atoms with Gasteiger partial charge >= 0.3 is 5.97 Å². The molecule has 8 nitrogen and oxygen atoms in total. The summed E-state index contributed by atoms with van der Waals surface area (Å²) in [6, 6.07) is -1.67. The second-order valence-corrected chi connectivity index (χ2v) is 6.84. The smallest absolute Gasteiger partial charge is 0.327 e. The van der Waals surface area contributed by atoms with Crippen molar-refractivity contribution < 1.29 is 27.9 Å². The third-order valence-corrected chi connectivity index (χ3v) is 4.34. The van der Waals surface area contributed by atoms with Crippen molar-refractivity contribution in [2.75, 3.05) is 11.5 Å². The number of amides is 2. The van der Waals surface area contributed by atoms with E-state index in [4.69, 9.17) is 5.11 Å². The third-order valence-electron chi connectivity index (χ3n) is 2.80. The number of sulfone groups is 1. The quantitative estimate of drug-likeness (QED) is 0.514. The van der Waals surface area contributed by atoms with Gasteiger partial charge in [-0.15, -0.1) is 0 Å². The first-order chi connectivity index (χ1) is 9.61. The molecule has 0 saturated heterocycles. The van der Waals surface area contributed by atoms with Crippen LogP contribution in [0.3, 0.4) is 0 Å². The topological polar surface area (TPSA) is 130 Å². The first kappa shape index (κ1) is 19.4. The van der Waals surface area contributed by atoms with E-state index in [1.165, 1.54) is 0 Å². The van der Waals surface area contributed by atoms with E-state index in [0.29, 0.717) is 12.8 Å². The highest BCUT2D eigenvalue weighted by Gasteiger charge is 2.28. The zero-order valence-electron chi connectivity index (χ0n) is 12.4.